The summed E-state index contributed by atoms with van der Waals surface area (Å²) in [5.74, 6) is 1.93. The molecule has 4 heteroatoms. The first kappa shape index (κ1) is 14.3. The Bertz CT molecular complexity index is 215. The van der Waals surface area contributed by atoms with E-state index in [9.17, 15) is 0 Å². The number of rotatable bonds is 9. The molecule has 1 rings (SSSR count). The van der Waals surface area contributed by atoms with Crippen LogP contribution < -0.4 is 10.6 Å². The first-order valence-electron chi connectivity index (χ1n) is 6.96. The van der Waals surface area contributed by atoms with Crippen molar-refractivity contribution in [3.63, 3.8) is 0 Å². The van der Waals surface area contributed by atoms with Gasteiger partial charge in [0.15, 0.2) is 5.96 Å². The Morgan fingerprint density at radius 3 is 2.76 bits per heavy atom. The second-order valence-electron chi connectivity index (χ2n) is 4.47. The van der Waals surface area contributed by atoms with Crippen LogP contribution in [0.5, 0.6) is 0 Å². The average Bonchev–Trinajstić information content (AvgIpc) is 3.14. The summed E-state index contributed by atoms with van der Waals surface area (Å²) in [5, 5.41) is 6.52. The summed E-state index contributed by atoms with van der Waals surface area (Å²) >= 11 is 0. The van der Waals surface area contributed by atoms with E-state index in [0.717, 1.165) is 44.7 Å². The van der Waals surface area contributed by atoms with Gasteiger partial charge in [-0.3, -0.25) is 4.99 Å². The molecule has 17 heavy (non-hydrogen) atoms. The normalized spacial score (nSPS) is 16.0. The van der Waals surface area contributed by atoms with Crippen LogP contribution in [0, 0.1) is 5.92 Å². The summed E-state index contributed by atoms with van der Waals surface area (Å²) in [5.41, 5.74) is 0. The average molecular weight is 241 g/mol. The van der Waals surface area contributed by atoms with E-state index in [1.165, 1.54) is 25.7 Å². The number of aliphatic imine (C=N–C) groups is 1. The van der Waals surface area contributed by atoms with E-state index in [1.807, 2.05) is 6.92 Å². The van der Waals surface area contributed by atoms with Gasteiger partial charge < -0.3 is 15.4 Å². The molecular formula is C13H27N3O. The van der Waals surface area contributed by atoms with E-state index >= 15 is 0 Å². The Morgan fingerprint density at radius 1 is 1.29 bits per heavy atom. The van der Waals surface area contributed by atoms with Crippen molar-refractivity contribution >= 4 is 5.96 Å². The highest BCUT2D eigenvalue weighted by Crippen LogP contribution is 2.33. The molecule has 0 aromatic rings. The Labute approximate surface area is 105 Å². The van der Waals surface area contributed by atoms with Crippen molar-refractivity contribution in [2.45, 2.75) is 39.5 Å². The summed E-state index contributed by atoms with van der Waals surface area (Å²) in [6.45, 7) is 8.27. The smallest absolute Gasteiger partial charge is 0.191 e. The Hall–Kier alpha value is -0.770. The van der Waals surface area contributed by atoms with Gasteiger partial charge in [-0.05, 0) is 32.6 Å². The van der Waals surface area contributed by atoms with Gasteiger partial charge in [0, 0.05) is 26.2 Å². The maximum atomic E-state index is 5.28. The molecule has 0 heterocycles. The van der Waals surface area contributed by atoms with Crippen molar-refractivity contribution < 1.29 is 4.74 Å². The van der Waals surface area contributed by atoms with Crippen LogP contribution in [-0.2, 0) is 4.74 Å². The third-order valence-electron chi connectivity index (χ3n) is 2.82. The fraction of sp³-hybridized carbons (Fsp3) is 0.923. The molecule has 0 unspecified atom stereocenters. The van der Waals surface area contributed by atoms with Crippen LogP contribution >= 0.6 is 0 Å². The largest absolute Gasteiger partial charge is 0.380 e. The molecule has 1 fully saturated rings. The molecule has 1 aliphatic carbocycles. The van der Waals surface area contributed by atoms with Crippen molar-refractivity contribution in [2.75, 3.05) is 32.8 Å². The summed E-state index contributed by atoms with van der Waals surface area (Å²) < 4.78 is 5.28. The molecule has 1 saturated carbocycles. The van der Waals surface area contributed by atoms with Crippen LogP contribution in [0.25, 0.3) is 0 Å². The van der Waals surface area contributed by atoms with Gasteiger partial charge in [-0.15, -0.1) is 0 Å². The molecule has 0 spiro atoms. The van der Waals surface area contributed by atoms with Gasteiger partial charge >= 0.3 is 0 Å². The highest BCUT2D eigenvalue weighted by molar-refractivity contribution is 5.79. The lowest BCUT2D eigenvalue weighted by Crippen LogP contribution is -2.39. The highest BCUT2D eigenvalue weighted by Gasteiger charge is 2.19. The van der Waals surface area contributed by atoms with Crippen LogP contribution in [0.3, 0.4) is 0 Å². The van der Waals surface area contributed by atoms with E-state index in [-0.39, 0.29) is 0 Å². The topological polar surface area (TPSA) is 45.7 Å². The summed E-state index contributed by atoms with van der Waals surface area (Å²) in [7, 11) is 0. The third-order valence-corrected chi connectivity index (χ3v) is 2.82. The number of hydrogen-bond donors (Lipinski definition) is 2. The van der Waals surface area contributed by atoms with Gasteiger partial charge in [-0.2, -0.15) is 0 Å². The van der Waals surface area contributed by atoms with Crippen molar-refractivity contribution in [1.82, 2.24) is 10.6 Å². The molecule has 1 aliphatic rings. The number of ether oxygens (including phenoxy) is 1. The molecule has 0 aromatic carbocycles. The lowest BCUT2D eigenvalue weighted by Gasteiger charge is -2.11. The van der Waals surface area contributed by atoms with Gasteiger partial charge in [0.2, 0.25) is 0 Å². The minimum Gasteiger partial charge on any atom is -0.380 e. The second-order valence-corrected chi connectivity index (χ2v) is 4.47. The van der Waals surface area contributed by atoms with Gasteiger partial charge in [0.1, 0.15) is 0 Å². The predicted molar refractivity (Wildman–Crippen MR) is 72.4 cm³/mol. The number of nitrogens with zero attached hydrogens (tertiary/aromatic N) is 1. The molecule has 0 radical (unpaired) electrons. The SMILES string of the molecule is CCNC(=NCCCC1CC1)NCCOCC. The lowest BCUT2D eigenvalue weighted by atomic mass is 10.2. The van der Waals surface area contributed by atoms with Crippen LogP contribution in [-0.4, -0.2) is 38.8 Å². The maximum absolute atomic E-state index is 5.28. The number of hydrogen-bond acceptors (Lipinski definition) is 2. The van der Waals surface area contributed by atoms with Gasteiger partial charge in [0.25, 0.3) is 0 Å². The minimum atomic E-state index is 0.739. The molecule has 0 aromatic heterocycles. The van der Waals surface area contributed by atoms with E-state index in [1.54, 1.807) is 0 Å². The van der Waals surface area contributed by atoms with Crippen molar-refractivity contribution in [1.29, 1.82) is 0 Å². The second kappa shape index (κ2) is 9.28. The van der Waals surface area contributed by atoms with Gasteiger partial charge in [-0.25, -0.2) is 0 Å². The zero-order valence-corrected chi connectivity index (χ0v) is 11.3. The van der Waals surface area contributed by atoms with Crippen LogP contribution in [0.1, 0.15) is 39.5 Å². The molecule has 4 nitrogen and oxygen atoms in total. The first-order valence-corrected chi connectivity index (χ1v) is 6.96. The Kier molecular flexibility index (Phi) is 7.80. The molecule has 0 atom stereocenters. The zero-order valence-electron chi connectivity index (χ0n) is 11.3. The first-order chi connectivity index (χ1) is 8.36. The van der Waals surface area contributed by atoms with Crippen LogP contribution in [0.4, 0.5) is 0 Å². The van der Waals surface area contributed by atoms with Crippen LogP contribution in [0.15, 0.2) is 4.99 Å². The molecule has 0 bridgehead atoms. The van der Waals surface area contributed by atoms with E-state index in [2.05, 4.69) is 22.5 Å². The van der Waals surface area contributed by atoms with E-state index in [0.29, 0.717) is 0 Å². The van der Waals surface area contributed by atoms with Crippen molar-refractivity contribution in [2.24, 2.45) is 10.9 Å². The fourth-order valence-corrected chi connectivity index (χ4v) is 1.71. The fourth-order valence-electron chi connectivity index (χ4n) is 1.71. The van der Waals surface area contributed by atoms with Gasteiger partial charge in [0.05, 0.1) is 6.61 Å². The molecular weight excluding hydrogens is 214 g/mol. The van der Waals surface area contributed by atoms with Crippen molar-refractivity contribution in [3.05, 3.63) is 0 Å². The Balaban J connectivity index is 2.07. The number of guanidine groups is 1. The minimum absolute atomic E-state index is 0.739. The predicted octanol–water partition coefficient (Wildman–Crippen LogP) is 1.77. The lowest BCUT2D eigenvalue weighted by molar-refractivity contribution is 0.152. The monoisotopic (exact) mass is 241 g/mol. The van der Waals surface area contributed by atoms with E-state index in [4.69, 9.17) is 4.74 Å². The highest BCUT2D eigenvalue weighted by atomic mass is 16.5. The van der Waals surface area contributed by atoms with E-state index < -0.39 is 0 Å². The maximum Gasteiger partial charge on any atom is 0.191 e. The molecule has 100 valence electrons. The molecule has 0 amide bonds. The van der Waals surface area contributed by atoms with Gasteiger partial charge in [-0.1, -0.05) is 12.8 Å². The standard InChI is InChI=1S/C13H27N3O/c1-3-14-13(16-10-11-17-4-2)15-9-5-6-12-7-8-12/h12H,3-11H2,1-2H3,(H2,14,15,16). The summed E-state index contributed by atoms with van der Waals surface area (Å²) in [6, 6.07) is 0. The summed E-state index contributed by atoms with van der Waals surface area (Å²) in [4.78, 5) is 4.55. The Morgan fingerprint density at radius 2 is 2.12 bits per heavy atom. The molecule has 0 saturated heterocycles. The quantitative estimate of drug-likeness (QED) is 0.367. The van der Waals surface area contributed by atoms with Crippen molar-refractivity contribution in [3.8, 4) is 0 Å². The third kappa shape index (κ3) is 8.02. The molecule has 2 N–H and O–H groups in total. The number of nitrogens with one attached hydrogen (secondary N) is 2. The summed E-state index contributed by atoms with van der Waals surface area (Å²) in [6.07, 6.45) is 5.45. The zero-order chi connectivity index (χ0) is 12.3. The van der Waals surface area contributed by atoms with Crippen LogP contribution in [0.2, 0.25) is 0 Å². The molecule has 0 aliphatic heterocycles.